The van der Waals surface area contributed by atoms with Gasteiger partial charge in [0.05, 0.1) is 11.8 Å². The summed E-state index contributed by atoms with van der Waals surface area (Å²) in [5, 5.41) is 24.0. The Hall–Kier alpha value is -1.81. The molecule has 0 saturated heterocycles. The van der Waals surface area contributed by atoms with Crippen LogP contribution >= 0.6 is 0 Å². The SMILES string of the molecule is Cc1noc(C)c1-c1cc(O)cc(C(O)C2CC2)c1. The lowest BCUT2D eigenvalue weighted by atomic mass is 9.97. The van der Waals surface area contributed by atoms with Crippen molar-refractivity contribution < 1.29 is 14.7 Å². The van der Waals surface area contributed by atoms with Crippen molar-refractivity contribution in [3.05, 3.63) is 35.2 Å². The van der Waals surface area contributed by atoms with Crippen molar-refractivity contribution in [3.8, 4) is 16.9 Å². The molecule has 0 bridgehead atoms. The average molecular weight is 259 g/mol. The predicted molar refractivity (Wildman–Crippen MR) is 70.8 cm³/mol. The molecule has 4 nitrogen and oxygen atoms in total. The van der Waals surface area contributed by atoms with Crippen LogP contribution in [0.1, 0.15) is 36.0 Å². The molecule has 1 unspecified atom stereocenters. The van der Waals surface area contributed by atoms with E-state index in [9.17, 15) is 10.2 Å². The van der Waals surface area contributed by atoms with Crippen LogP contribution in [-0.2, 0) is 0 Å². The summed E-state index contributed by atoms with van der Waals surface area (Å²) in [5.74, 6) is 1.21. The highest BCUT2D eigenvalue weighted by atomic mass is 16.5. The van der Waals surface area contributed by atoms with Crippen LogP contribution < -0.4 is 0 Å². The van der Waals surface area contributed by atoms with Crippen molar-refractivity contribution in [2.24, 2.45) is 5.92 Å². The van der Waals surface area contributed by atoms with Crippen LogP contribution in [0.4, 0.5) is 0 Å². The van der Waals surface area contributed by atoms with Gasteiger partial charge in [0.2, 0.25) is 0 Å². The van der Waals surface area contributed by atoms with Crippen LogP contribution in [0.3, 0.4) is 0 Å². The molecule has 0 aliphatic heterocycles. The van der Waals surface area contributed by atoms with Gasteiger partial charge >= 0.3 is 0 Å². The van der Waals surface area contributed by atoms with Gasteiger partial charge in [-0.1, -0.05) is 5.16 Å². The second-order valence-corrected chi connectivity index (χ2v) is 5.29. The Labute approximate surface area is 111 Å². The summed E-state index contributed by atoms with van der Waals surface area (Å²) >= 11 is 0. The van der Waals surface area contributed by atoms with Crippen LogP contribution in [0, 0.1) is 19.8 Å². The minimum absolute atomic E-state index is 0.159. The Kier molecular flexibility index (Phi) is 2.82. The first-order chi connectivity index (χ1) is 9.06. The molecule has 19 heavy (non-hydrogen) atoms. The molecule has 0 spiro atoms. The molecule has 2 aromatic rings. The molecule has 1 aliphatic carbocycles. The van der Waals surface area contributed by atoms with Crippen LogP contribution in [0.15, 0.2) is 22.7 Å². The molecular weight excluding hydrogens is 242 g/mol. The highest BCUT2D eigenvalue weighted by molar-refractivity contribution is 5.69. The van der Waals surface area contributed by atoms with Gasteiger partial charge in [-0.25, -0.2) is 0 Å². The van der Waals surface area contributed by atoms with Gasteiger partial charge in [-0.15, -0.1) is 0 Å². The minimum atomic E-state index is -0.494. The van der Waals surface area contributed by atoms with Crippen LogP contribution in [0.5, 0.6) is 5.75 Å². The molecule has 100 valence electrons. The molecule has 3 rings (SSSR count). The molecule has 0 amide bonds. The van der Waals surface area contributed by atoms with Gasteiger partial charge in [-0.05, 0) is 61.9 Å². The molecule has 4 heteroatoms. The fourth-order valence-corrected chi connectivity index (χ4v) is 2.53. The quantitative estimate of drug-likeness (QED) is 0.888. The van der Waals surface area contributed by atoms with E-state index in [0.29, 0.717) is 5.92 Å². The van der Waals surface area contributed by atoms with E-state index in [1.54, 1.807) is 12.1 Å². The number of aromatic hydroxyl groups is 1. The van der Waals surface area contributed by atoms with Gasteiger partial charge < -0.3 is 14.7 Å². The third-order valence-electron chi connectivity index (χ3n) is 3.67. The summed E-state index contributed by atoms with van der Waals surface area (Å²) in [4.78, 5) is 0. The zero-order chi connectivity index (χ0) is 13.6. The monoisotopic (exact) mass is 259 g/mol. The molecule has 1 aromatic heterocycles. The highest BCUT2D eigenvalue weighted by Crippen LogP contribution is 2.42. The molecule has 2 N–H and O–H groups in total. The van der Waals surface area contributed by atoms with Gasteiger partial charge in [-0.2, -0.15) is 0 Å². The summed E-state index contributed by atoms with van der Waals surface area (Å²) in [6.45, 7) is 3.71. The highest BCUT2D eigenvalue weighted by Gasteiger charge is 2.31. The van der Waals surface area contributed by atoms with Gasteiger partial charge in [0.15, 0.2) is 0 Å². The van der Waals surface area contributed by atoms with Gasteiger partial charge in [0, 0.05) is 5.56 Å². The van der Waals surface area contributed by atoms with E-state index in [-0.39, 0.29) is 5.75 Å². The normalized spacial score (nSPS) is 16.6. The maximum Gasteiger partial charge on any atom is 0.141 e. The zero-order valence-electron chi connectivity index (χ0n) is 11.1. The smallest absolute Gasteiger partial charge is 0.141 e. The summed E-state index contributed by atoms with van der Waals surface area (Å²) in [5.41, 5.74) is 3.28. The second kappa shape index (κ2) is 4.38. The van der Waals surface area contributed by atoms with Crippen LogP contribution in [0.2, 0.25) is 0 Å². The lowest BCUT2D eigenvalue weighted by molar-refractivity contribution is 0.153. The van der Waals surface area contributed by atoms with Crippen molar-refractivity contribution in [2.75, 3.05) is 0 Å². The molecule has 1 aromatic carbocycles. The number of aliphatic hydroxyl groups excluding tert-OH is 1. The van der Waals surface area contributed by atoms with Gasteiger partial charge in [-0.3, -0.25) is 0 Å². The number of aliphatic hydroxyl groups is 1. The lowest BCUT2D eigenvalue weighted by Crippen LogP contribution is -1.99. The molecular formula is C15H17NO3. The number of aromatic nitrogens is 1. The van der Waals surface area contributed by atoms with E-state index in [1.807, 2.05) is 19.9 Å². The van der Waals surface area contributed by atoms with Gasteiger partial charge in [0.1, 0.15) is 11.5 Å². The lowest BCUT2D eigenvalue weighted by Gasteiger charge is -2.12. The molecule has 1 saturated carbocycles. The molecule has 1 atom stereocenters. The summed E-state index contributed by atoms with van der Waals surface area (Å²) in [7, 11) is 0. The number of benzene rings is 1. The van der Waals surface area contributed by atoms with E-state index < -0.39 is 6.10 Å². The number of nitrogens with zero attached hydrogens (tertiary/aromatic N) is 1. The number of phenolic OH excluding ortho intramolecular Hbond substituents is 1. The van der Waals surface area contributed by atoms with Crippen molar-refractivity contribution in [2.45, 2.75) is 32.8 Å². The Morgan fingerprint density at radius 3 is 2.58 bits per heavy atom. The predicted octanol–water partition coefficient (Wildman–Crippen LogP) is 3.11. The van der Waals surface area contributed by atoms with E-state index in [4.69, 9.17) is 4.52 Å². The largest absolute Gasteiger partial charge is 0.508 e. The number of phenols is 1. The average Bonchev–Trinajstić information content (AvgIpc) is 3.14. The number of hydrogen-bond acceptors (Lipinski definition) is 4. The first-order valence-corrected chi connectivity index (χ1v) is 6.51. The molecule has 1 heterocycles. The molecule has 1 aliphatic rings. The van der Waals surface area contributed by atoms with Crippen LogP contribution in [-0.4, -0.2) is 15.4 Å². The zero-order valence-corrected chi connectivity index (χ0v) is 11.1. The fraction of sp³-hybridized carbons (Fsp3) is 0.400. The standard InChI is InChI=1S/C15H17NO3/c1-8-14(9(2)19-16-8)11-5-12(7-13(17)6-11)15(18)10-3-4-10/h5-7,10,15,17-18H,3-4H2,1-2H3. The van der Waals surface area contributed by atoms with E-state index in [2.05, 4.69) is 5.16 Å². The summed E-state index contributed by atoms with van der Waals surface area (Å²) < 4.78 is 5.16. The number of aryl methyl sites for hydroxylation is 2. The Bertz CT molecular complexity index is 594. The fourth-order valence-electron chi connectivity index (χ4n) is 2.53. The van der Waals surface area contributed by atoms with Crippen molar-refractivity contribution >= 4 is 0 Å². The minimum Gasteiger partial charge on any atom is -0.508 e. The second-order valence-electron chi connectivity index (χ2n) is 5.29. The first-order valence-electron chi connectivity index (χ1n) is 6.51. The number of rotatable bonds is 3. The summed E-state index contributed by atoms with van der Waals surface area (Å²) in [6.07, 6.45) is 1.61. The van der Waals surface area contributed by atoms with Crippen molar-refractivity contribution in [1.29, 1.82) is 0 Å². The van der Waals surface area contributed by atoms with Gasteiger partial charge in [0.25, 0.3) is 0 Å². The maximum atomic E-state index is 10.2. The Balaban J connectivity index is 2.07. The van der Waals surface area contributed by atoms with Crippen molar-refractivity contribution in [1.82, 2.24) is 5.16 Å². The molecule has 0 radical (unpaired) electrons. The van der Waals surface area contributed by atoms with E-state index in [0.717, 1.165) is 41.0 Å². The molecule has 1 fully saturated rings. The number of hydrogen-bond donors (Lipinski definition) is 2. The summed E-state index contributed by atoms with van der Waals surface area (Å²) in [6, 6.07) is 5.22. The third kappa shape index (κ3) is 2.24. The maximum absolute atomic E-state index is 10.2. The van der Waals surface area contributed by atoms with Crippen molar-refractivity contribution in [3.63, 3.8) is 0 Å². The Morgan fingerprint density at radius 1 is 1.26 bits per heavy atom. The first kappa shape index (κ1) is 12.2. The topological polar surface area (TPSA) is 66.5 Å². The van der Waals surface area contributed by atoms with Crippen LogP contribution in [0.25, 0.3) is 11.1 Å². The Morgan fingerprint density at radius 2 is 2.00 bits per heavy atom. The van der Waals surface area contributed by atoms with E-state index in [1.165, 1.54) is 0 Å². The third-order valence-corrected chi connectivity index (χ3v) is 3.67. The van der Waals surface area contributed by atoms with E-state index >= 15 is 0 Å².